The van der Waals surface area contributed by atoms with E-state index in [0.29, 0.717) is 51.0 Å². The molecule has 8 unspecified atom stereocenters. The van der Waals surface area contributed by atoms with Gasteiger partial charge in [0, 0.05) is 31.7 Å². The van der Waals surface area contributed by atoms with Crippen LogP contribution >= 0.6 is 0 Å². The Balaban J connectivity index is 5.51. The van der Waals surface area contributed by atoms with Crippen molar-refractivity contribution in [3.63, 3.8) is 0 Å². The number of ether oxygens (including phenoxy) is 4. The number of esters is 4. The summed E-state index contributed by atoms with van der Waals surface area (Å²) in [6, 6.07) is 0. The first kappa shape index (κ1) is 98.2. The average molecular weight is 1460 g/mol. The van der Waals surface area contributed by atoms with Crippen LogP contribution in [0.4, 0.5) is 0 Å². The molecule has 0 rings (SSSR count). The number of hydrogen-bond donors (Lipinski definition) is 3. The highest BCUT2D eigenvalue weighted by Crippen LogP contribution is 2.28. The molecular weight excluding hydrogens is 1310 g/mol. The SMILES string of the molecule is CCCCCCCCCCC(CCCCCCCC)COC(=O)C(C)C(/C=C/CCCCCCC(=O)OC(COC(=O)CCCCCCC/C=C\C=C\C(CCCCC)C(CC(=O)O)C(=O)O)COC(=O)CCCCCCC/C=C\C/C=C\C=C\C(CC)C(CC(=O)[O-])C(=O)O)CCCCCCCC. The molecule has 16 nitrogen and oxygen atoms in total. The quantitative estimate of drug-likeness (QED) is 0.0168. The van der Waals surface area contributed by atoms with Gasteiger partial charge in [0.25, 0.3) is 0 Å². The Labute approximate surface area is 631 Å². The van der Waals surface area contributed by atoms with E-state index in [1.54, 1.807) is 12.2 Å². The molecule has 0 amide bonds. The molecule has 104 heavy (non-hydrogen) atoms. The molecule has 0 aromatic rings. The fourth-order valence-corrected chi connectivity index (χ4v) is 13.3. The molecule has 0 aliphatic heterocycles. The minimum atomic E-state index is -1.38. The lowest BCUT2D eigenvalue weighted by Crippen LogP contribution is -2.32. The summed E-state index contributed by atoms with van der Waals surface area (Å²) in [5.41, 5.74) is 0. The summed E-state index contributed by atoms with van der Waals surface area (Å²) >= 11 is 0. The number of allylic oxidation sites excluding steroid dienone is 12. The predicted octanol–water partition coefficient (Wildman–Crippen LogP) is 22.2. The van der Waals surface area contributed by atoms with Gasteiger partial charge in [-0.1, -0.05) is 314 Å². The van der Waals surface area contributed by atoms with E-state index in [-0.39, 0.29) is 56.2 Å². The molecule has 16 heteroatoms. The first-order valence-corrected chi connectivity index (χ1v) is 42.0. The third-order valence-electron chi connectivity index (χ3n) is 20.1. The number of unbranched alkanes of at least 4 members (excludes halogenated alkanes) is 33. The van der Waals surface area contributed by atoms with E-state index in [0.717, 1.165) is 135 Å². The van der Waals surface area contributed by atoms with Crippen molar-refractivity contribution in [3.8, 4) is 0 Å². The van der Waals surface area contributed by atoms with Gasteiger partial charge in [-0.2, -0.15) is 0 Å². The van der Waals surface area contributed by atoms with Crippen molar-refractivity contribution in [2.24, 2.45) is 41.4 Å². The van der Waals surface area contributed by atoms with Gasteiger partial charge in [-0.25, -0.2) is 0 Å². The summed E-state index contributed by atoms with van der Waals surface area (Å²) in [5, 5.41) is 39.5. The number of aliphatic carboxylic acids is 4. The second-order valence-electron chi connectivity index (χ2n) is 29.4. The Morgan fingerprint density at radius 2 is 0.760 bits per heavy atom. The summed E-state index contributed by atoms with van der Waals surface area (Å²) in [7, 11) is 0. The Bertz CT molecular complexity index is 2350. The fraction of sp³-hybridized carbons (Fsp3) is 0.773. The van der Waals surface area contributed by atoms with Crippen molar-refractivity contribution in [1.29, 1.82) is 0 Å². The summed E-state index contributed by atoms with van der Waals surface area (Å²) in [6.07, 6.45) is 70.0. The van der Waals surface area contributed by atoms with E-state index in [4.69, 9.17) is 18.9 Å². The van der Waals surface area contributed by atoms with Crippen LogP contribution in [0.15, 0.2) is 72.9 Å². The van der Waals surface area contributed by atoms with E-state index in [9.17, 15) is 58.8 Å². The van der Waals surface area contributed by atoms with Gasteiger partial charge in [-0.3, -0.25) is 33.6 Å². The molecule has 0 radical (unpaired) electrons. The van der Waals surface area contributed by atoms with Crippen molar-refractivity contribution in [3.05, 3.63) is 72.9 Å². The second kappa shape index (κ2) is 71.5. The fourth-order valence-electron chi connectivity index (χ4n) is 13.3. The number of hydrogen-bond acceptors (Lipinski definition) is 13. The highest BCUT2D eigenvalue weighted by molar-refractivity contribution is 5.78. The van der Waals surface area contributed by atoms with Crippen molar-refractivity contribution in [2.75, 3.05) is 19.8 Å². The highest BCUT2D eigenvalue weighted by atomic mass is 16.6. The standard InChI is InChI=1S/C88H150O16/c1-7-12-16-19-22-32-40-50-59-74(58-49-39-20-17-13-8-2)70-103-88(100)73(6)76(61-52-41-21-18-14-9-3)62-53-43-37-38-47-57-67-85(95)104-78(71-101-83(93)65-55-45-35-30-26-24-23-25-28-33-42-51-60-75(11-5)79(86(96)97)68-81(89)90)72-102-84(94)66-56-46-36-31-27-29-34-44-54-64-77(63-48-15-10-4)80(87(98)99)69-82(91)92/h23,25,33-34,42,44,51,53-54,60,62,64,73-80H,7-22,24,26-32,35-41,43,45-50,52,55-59,61,63,65-72H2,1-6H3,(H,89,90)(H,91,92)(H,96,97)(H,98,99)/p-1/b25-23-,42-33-,44-34-,60-51+,62-53+,64-54+. The topological polar surface area (TPSA) is 257 Å². The van der Waals surface area contributed by atoms with Crippen molar-refractivity contribution in [1.82, 2.24) is 0 Å². The lowest BCUT2D eigenvalue weighted by molar-refractivity contribution is -0.307. The number of carboxylic acids is 4. The lowest BCUT2D eigenvalue weighted by Gasteiger charge is -2.22. The maximum Gasteiger partial charge on any atom is 0.309 e. The second-order valence-corrected chi connectivity index (χ2v) is 29.4. The van der Waals surface area contributed by atoms with Gasteiger partial charge in [-0.15, -0.1) is 0 Å². The predicted molar refractivity (Wildman–Crippen MR) is 419 cm³/mol. The van der Waals surface area contributed by atoms with Crippen LogP contribution in [0.5, 0.6) is 0 Å². The first-order valence-electron chi connectivity index (χ1n) is 42.0. The summed E-state index contributed by atoms with van der Waals surface area (Å²) in [4.78, 5) is 98.9. The van der Waals surface area contributed by atoms with E-state index in [1.807, 2.05) is 43.4 Å². The zero-order valence-corrected chi connectivity index (χ0v) is 66.4. The molecular formula is C88H149O16-. The van der Waals surface area contributed by atoms with E-state index in [2.05, 4.69) is 58.9 Å². The normalized spacial score (nSPS) is 14.3. The molecule has 0 bridgehead atoms. The molecule has 598 valence electrons. The molecule has 0 fully saturated rings. The van der Waals surface area contributed by atoms with Gasteiger partial charge in [-0.05, 0) is 120 Å². The number of rotatable bonds is 75. The minimum Gasteiger partial charge on any atom is -0.550 e. The van der Waals surface area contributed by atoms with Crippen molar-refractivity contribution >= 4 is 47.8 Å². The molecule has 8 atom stereocenters. The minimum absolute atomic E-state index is 0.0669. The highest BCUT2D eigenvalue weighted by Gasteiger charge is 2.29. The van der Waals surface area contributed by atoms with Crippen LogP contribution in [0, 0.1) is 41.4 Å². The van der Waals surface area contributed by atoms with Gasteiger partial charge >= 0.3 is 41.8 Å². The van der Waals surface area contributed by atoms with Gasteiger partial charge < -0.3 is 44.2 Å². The summed E-state index contributed by atoms with van der Waals surface area (Å²) in [5.74, 6) is -8.47. The maximum absolute atomic E-state index is 13.8. The Morgan fingerprint density at radius 3 is 1.24 bits per heavy atom. The van der Waals surface area contributed by atoms with Gasteiger partial charge in [0.05, 0.1) is 30.8 Å². The van der Waals surface area contributed by atoms with Crippen LogP contribution in [0.1, 0.15) is 369 Å². The molecule has 0 spiro atoms. The van der Waals surface area contributed by atoms with Crippen LogP contribution in [-0.2, 0) is 57.3 Å². The van der Waals surface area contributed by atoms with Gasteiger partial charge in [0.15, 0.2) is 6.10 Å². The molecule has 0 heterocycles. The van der Waals surface area contributed by atoms with Crippen molar-refractivity contribution < 1.29 is 77.7 Å². The molecule has 0 saturated heterocycles. The van der Waals surface area contributed by atoms with E-state index in [1.165, 1.54) is 122 Å². The zero-order chi connectivity index (χ0) is 76.7. The largest absolute Gasteiger partial charge is 0.550 e. The third-order valence-corrected chi connectivity index (χ3v) is 20.1. The third kappa shape index (κ3) is 60.3. The van der Waals surface area contributed by atoms with Crippen LogP contribution < -0.4 is 5.11 Å². The molecule has 0 aromatic carbocycles. The van der Waals surface area contributed by atoms with Crippen LogP contribution in [0.2, 0.25) is 0 Å². The maximum atomic E-state index is 13.8. The smallest absolute Gasteiger partial charge is 0.309 e. The lowest BCUT2D eigenvalue weighted by atomic mass is 9.85. The zero-order valence-electron chi connectivity index (χ0n) is 66.4. The van der Waals surface area contributed by atoms with Gasteiger partial charge in [0.2, 0.25) is 0 Å². The first-order chi connectivity index (χ1) is 50.4. The number of carboxylic acid groups (broad SMARTS) is 4. The average Bonchev–Trinajstić information content (AvgIpc) is 0.915. The van der Waals surface area contributed by atoms with Crippen LogP contribution in [0.3, 0.4) is 0 Å². The van der Waals surface area contributed by atoms with Gasteiger partial charge in [0.1, 0.15) is 13.2 Å². The Kier molecular flexibility index (Phi) is 67.5. The van der Waals surface area contributed by atoms with Crippen molar-refractivity contribution in [2.45, 2.75) is 375 Å². The van der Waals surface area contributed by atoms with E-state index >= 15 is 0 Å². The summed E-state index contributed by atoms with van der Waals surface area (Å²) in [6.45, 7) is 12.8. The molecule has 0 saturated carbocycles. The van der Waals surface area contributed by atoms with E-state index < -0.39 is 78.5 Å². The molecule has 0 aliphatic carbocycles. The number of carbonyl (C=O) groups is 8. The monoisotopic (exact) mass is 1460 g/mol. The molecule has 0 aliphatic rings. The Morgan fingerprint density at radius 1 is 0.365 bits per heavy atom. The Hall–Kier alpha value is -5.80. The molecule has 3 N–H and O–H groups in total. The van der Waals surface area contributed by atoms with Crippen LogP contribution in [-0.4, -0.2) is 89.0 Å². The molecule has 0 aromatic heterocycles. The van der Waals surface area contributed by atoms with Crippen LogP contribution in [0.25, 0.3) is 0 Å². The number of carbonyl (C=O) groups excluding carboxylic acids is 5. The summed E-state index contributed by atoms with van der Waals surface area (Å²) < 4.78 is 23.2.